The van der Waals surface area contributed by atoms with E-state index in [1.54, 1.807) is 0 Å². The molecule has 4 rings (SSSR count). The van der Waals surface area contributed by atoms with Gasteiger partial charge in [0.1, 0.15) is 23.5 Å². The number of likely N-dealkylation sites (tertiary alicyclic amines) is 1. The average molecular weight is 611 g/mol. The van der Waals surface area contributed by atoms with E-state index in [1.165, 1.54) is 12.1 Å². The van der Waals surface area contributed by atoms with Gasteiger partial charge >= 0.3 is 18.1 Å². The third-order valence-electron chi connectivity index (χ3n) is 6.46. The SMILES string of the molecule is CS(=O)(=O)N(OC(=O)C(F)(F)F)C(=O)c1cc(C2CC2)c(CN2CCC(Oc3ccc(F)cc3Cl)CC2)cc1F. The number of benzene rings is 2. The highest BCUT2D eigenvalue weighted by Crippen LogP contribution is 2.43. The molecule has 2 aromatic rings. The lowest BCUT2D eigenvalue weighted by Crippen LogP contribution is -2.42. The number of nitrogens with zero attached hydrogens (tertiary/aromatic N) is 2. The molecule has 1 saturated carbocycles. The molecule has 1 aliphatic carbocycles. The van der Waals surface area contributed by atoms with Crippen LogP contribution < -0.4 is 4.74 Å². The molecular formula is C25H24ClF5N2O6S. The molecule has 0 spiro atoms. The summed E-state index contributed by atoms with van der Waals surface area (Å²) >= 11 is 6.03. The molecule has 1 amide bonds. The summed E-state index contributed by atoms with van der Waals surface area (Å²) in [4.78, 5) is 29.9. The minimum atomic E-state index is -5.59. The van der Waals surface area contributed by atoms with Crippen LogP contribution in [0.3, 0.4) is 0 Å². The lowest BCUT2D eigenvalue weighted by atomic mass is 9.97. The van der Waals surface area contributed by atoms with E-state index < -0.39 is 49.7 Å². The van der Waals surface area contributed by atoms with Crippen LogP contribution in [0.1, 0.15) is 53.1 Å². The van der Waals surface area contributed by atoms with Crippen molar-refractivity contribution in [3.8, 4) is 5.75 Å². The molecule has 2 aromatic carbocycles. The van der Waals surface area contributed by atoms with Crippen LogP contribution in [-0.2, 0) is 26.2 Å². The van der Waals surface area contributed by atoms with E-state index in [2.05, 4.69) is 4.84 Å². The van der Waals surface area contributed by atoms with E-state index in [4.69, 9.17) is 16.3 Å². The number of piperidine rings is 1. The number of amides is 1. The summed E-state index contributed by atoms with van der Waals surface area (Å²) < 4.78 is 95.4. The Bertz CT molecular complexity index is 1410. The third-order valence-corrected chi connectivity index (χ3v) is 7.60. The highest BCUT2D eigenvalue weighted by molar-refractivity contribution is 7.88. The lowest BCUT2D eigenvalue weighted by molar-refractivity contribution is -0.216. The fraction of sp³-hybridized carbons (Fsp3) is 0.440. The molecule has 218 valence electrons. The fourth-order valence-corrected chi connectivity index (χ4v) is 5.18. The Kier molecular flexibility index (Phi) is 8.62. The van der Waals surface area contributed by atoms with E-state index in [9.17, 15) is 35.6 Å². The maximum Gasteiger partial charge on any atom is 0.493 e. The van der Waals surface area contributed by atoms with Crippen molar-refractivity contribution in [3.63, 3.8) is 0 Å². The van der Waals surface area contributed by atoms with E-state index in [0.29, 0.717) is 55.6 Å². The molecule has 2 aliphatic rings. The minimum Gasteiger partial charge on any atom is -0.489 e. The summed E-state index contributed by atoms with van der Waals surface area (Å²) in [5.74, 6) is -6.05. The number of hydrogen-bond donors (Lipinski definition) is 0. The number of ether oxygens (including phenoxy) is 1. The predicted octanol–water partition coefficient (Wildman–Crippen LogP) is 4.96. The molecule has 2 fully saturated rings. The summed E-state index contributed by atoms with van der Waals surface area (Å²) in [6.07, 6.45) is -2.79. The van der Waals surface area contributed by atoms with E-state index in [1.807, 2.05) is 4.90 Å². The van der Waals surface area contributed by atoms with Crippen molar-refractivity contribution in [2.75, 3.05) is 19.3 Å². The van der Waals surface area contributed by atoms with Crippen LogP contribution >= 0.6 is 11.6 Å². The van der Waals surface area contributed by atoms with E-state index in [0.717, 1.165) is 31.0 Å². The standard InChI is InChI=1S/C25H24ClF5N2O6S/c1-40(36,37)33(39-24(35)25(29,30)31)23(34)19-12-18(14-2-3-14)15(10-21(19)28)13-32-8-6-17(7-9-32)38-22-5-4-16(27)11-20(22)26/h4-5,10-12,14,17H,2-3,6-9,13H2,1H3. The molecule has 1 heterocycles. The second kappa shape index (κ2) is 11.5. The lowest BCUT2D eigenvalue weighted by Gasteiger charge is -2.33. The van der Waals surface area contributed by atoms with Crippen LogP contribution in [0.25, 0.3) is 0 Å². The van der Waals surface area contributed by atoms with Crippen molar-refractivity contribution in [2.45, 2.75) is 50.4 Å². The van der Waals surface area contributed by atoms with Crippen LogP contribution in [0.15, 0.2) is 30.3 Å². The first-order valence-corrected chi connectivity index (χ1v) is 14.4. The van der Waals surface area contributed by atoms with Crippen LogP contribution in [0.2, 0.25) is 5.02 Å². The Morgan fingerprint density at radius 3 is 2.27 bits per heavy atom. The van der Waals surface area contributed by atoms with Crippen molar-refractivity contribution in [1.29, 1.82) is 0 Å². The Hall–Kier alpha value is -2.97. The van der Waals surface area contributed by atoms with Crippen molar-refractivity contribution >= 4 is 33.5 Å². The van der Waals surface area contributed by atoms with Gasteiger partial charge in [-0.3, -0.25) is 9.69 Å². The third kappa shape index (κ3) is 7.21. The molecule has 0 N–H and O–H groups in total. The van der Waals surface area contributed by atoms with Gasteiger partial charge in [0.2, 0.25) is 0 Å². The summed E-state index contributed by atoms with van der Waals surface area (Å²) in [7, 11) is -4.84. The van der Waals surface area contributed by atoms with Gasteiger partial charge in [0.25, 0.3) is 10.0 Å². The van der Waals surface area contributed by atoms with Crippen LogP contribution in [0.4, 0.5) is 22.0 Å². The summed E-state index contributed by atoms with van der Waals surface area (Å²) in [5.41, 5.74) is 0.252. The van der Waals surface area contributed by atoms with Gasteiger partial charge in [0.05, 0.1) is 16.8 Å². The normalized spacial score (nSPS) is 17.0. The first kappa shape index (κ1) is 30.0. The minimum absolute atomic E-state index is 0.0481. The van der Waals surface area contributed by atoms with Gasteiger partial charge < -0.3 is 9.57 Å². The Labute approximate surface area is 231 Å². The van der Waals surface area contributed by atoms with Crippen LogP contribution in [0, 0.1) is 11.6 Å². The number of rotatable bonds is 7. The smallest absolute Gasteiger partial charge is 0.489 e. The largest absolute Gasteiger partial charge is 0.493 e. The van der Waals surface area contributed by atoms with Crippen LogP contribution in [-0.4, -0.2) is 61.3 Å². The Morgan fingerprint density at radius 1 is 1.07 bits per heavy atom. The van der Waals surface area contributed by atoms with Gasteiger partial charge in [0, 0.05) is 19.6 Å². The predicted molar refractivity (Wildman–Crippen MR) is 132 cm³/mol. The highest BCUT2D eigenvalue weighted by Gasteiger charge is 2.45. The molecule has 1 aliphatic heterocycles. The van der Waals surface area contributed by atoms with Gasteiger partial charge in [-0.1, -0.05) is 16.1 Å². The zero-order valence-electron chi connectivity index (χ0n) is 21.0. The van der Waals surface area contributed by atoms with Gasteiger partial charge in [-0.05, 0) is 73.1 Å². The maximum atomic E-state index is 15.1. The highest BCUT2D eigenvalue weighted by atomic mass is 35.5. The van der Waals surface area contributed by atoms with Crippen molar-refractivity contribution in [3.05, 3.63) is 63.7 Å². The van der Waals surface area contributed by atoms with E-state index >= 15 is 4.39 Å². The second-order valence-corrected chi connectivity index (χ2v) is 11.8. The number of hydrogen-bond acceptors (Lipinski definition) is 7. The van der Waals surface area contributed by atoms with Crippen molar-refractivity contribution < 1.29 is 49.5 Å². The average Bonchev–Trinajstić information content (AvgIpc) is 3.69. The second-order valence-electron chi connectivity index (χ2n) is 9.65. The summed E-state index contributed by atoms with van der Waals surface area (Å²) in [6.45, 7) is 1.41. The number of carbonyl (C=O) groups is 2. The molecule has 0 aromatic heterocycles. The molecule has 1 saturated heterocycles. The Balaban J connectivity index is 1.48. The molecule has 0 unspecified atom stereocenters. The monoisotopic (exact) mass is 610 g/mol. The van der Waals surface area contributed by atoms with Gasteiger partial charge in [-0.15, -0.1) is 0 Å². The van der Waals surface area contributed by atoms with Crippen molar-refractivity contribution in [2.24, 2.45) is 0 Å². The topological polar surface area (TPSA) is 93.2 Å². The molecule has 8 nitrogen and oxygen atoms in total. The zero-order valence-corrected chi connectivity index (χ0v) is 22.6. The number of carbonyl (C=O) groups excluding carboxylic acids is 2. The summed E-state index contributed by atoms with van der Waals surface area (Å²) in [6, 6.07) is 6.01. The van der Waals surface area contributed by atoms with Crippen molar-refractivity contribution in [1.82, 2.24) is 9.37 Å². The number of alkyl halides is 3. The maximum absolute atomic E-state index is 15.1. The molecule has 15 heteroatoms. The first-order valence-electron chi connectivity index (χ1n) is 12.1. The molecule has 0 bridgehead atoms. The van der Waals surface area contributed by atoms with Gasteiger partial charge in [0.15, 0.2) is 0 Å². The fourth-order valence-electron chi connectivity index (χ4n) is 4.37. The zero-order chi connectivity index (χ0) is 29.4. The molecule has 0 radical (unpaired) electrons. The molecule has 0 atom stereocenters. The number of halogens is 6. The molecular weight excluding hydrogens is 587 g/mol. The molecule has 40 heavy (non-hydrogen) atoms. The number of hydroxylamine groups is 1. The van der Waals surface area contributed by atoms with Crippen LogP contribution in [0.5, 0.6) is 5.75 Å². The van der Waals surface area contributed by atoms with E-state index in [-0.39, 0.29) is 17.0 Å². The first-order chi connectivity index (χ1) is 18.6. The Morgan fingerprint density at radius 2 is 1.73 bits per heavy atom. The quantitative estimate of drug-likeness (QED) is 0.323. The number of sulfonamides is 1. The van der Waals surface area contributed by atoms with Gasteiger partial charge in [-0.25, -0.2) is 22.0 Å². The van der Waals surface area contributed by atoms with Gasteiger partial charge in [-0.2, -0.15) is 13.2 Å². The summed E-state index contributed by atoms with van der Waals surface area (Å²) in [5, 5.41) is 0.157.